The zero-order valence-corrected chi connectivity index (χ0v) is 20.2. The Bertz CT molecular complexity index is 1120. The van der Waals surface area contributed by atoms with Gasteiger partial charge in [-0.1, -0.05) is 44.5 Å². The van der Waals surface area contributed by atoms with Gasteiger partial charge in [0.25, 0.3) is 5.91 Å². The average molecular weight is 467 g/mol. The zero-order chi connectivity index (χ0) is 24.0. The first-order valence-electron chi connectivity index (χ1n) is 11.0. The third-order valence-electron chi connectivity index (χ3n) is 5.09. The smallest absolute Gasteiger partial charge is 0.259 e. The van der Waals surface area contributed by atoms with Crippen molar-refractivity contribution in [3.8, 4) is 17.0 Å². The van der Waals surface area contributed by atoms with E-state index in [1.165, 1.54) is 9.94 Å². The summed E-state index contributed by atoms with van der Waals surface area (Å²) in [4.78, 5) is 25.0. The second-order valence-corrected chi connectivity index (χ2v) is 9.24. The maximum absolute atomic E-state index is 13.0. The Morgan fingerprint density at radius 3 is 2.55 bits per heavy atom. The molecule has 0 radical (unpaired) electrons. The van der Waals surface area contributed by atoms with E-state index in [2.05, 4.69) is 19.0 Å². The van der Waals surface area contributed by atoms with Crippen LogP contribution in [0.5, 0.6) is 5.75 Å². The van der Waals surface area contributed by atoms with Gasteiger partial charge in [0.05, 0.1) is 16.4 Å². The van der Waals surface area contributed by atoms with Gasteiger partial charge in [-0.2, -0.15) is 0 Å². The molecule has 0 aliphatic rings. The zero-order valence-electron chi connectivity index (χ0n) is 19.4. The van der Waals surface area contributed by atoms with E-state index in [4.69, 9.17) is 15.6 Å². The van der Waals surface area contributed by atoms with Crippen molar-refractivity contribution < 1.29 is 14.8 Å². The van der Waals surface area contributed by atoms with E-state index in [9.17, 15) is 10.0 Å². The van der Waals surface area contributed by atoms with E-state index in [1.807, 2.05) is 38.1 Å². The molecule has 1 heterocycles. The number of carbonyl (C=O) groups excluding carboxylic acids is 1. The van der Waals surface area contributed by atoms with E-state index in [0.29, 0.717) is 29.3 Å². The first kappa shape index (κ1) is 24.3. The molecule has 0 saturated carbocycles. The largest absolute Gasteiger partial charge is 0.409 e. The molecule has 2 aromatic carbocycles. The van der Waals surface area contributed by atoms with Crippen LogP contribution in [0.4, 0.5) is 5.69 Å². The molecule has 0 fully saturated rings. The number of aromatic nitrogens is 1. The Hall–Kier alpha value is -3.39. The third-order valence-corrected chi connectivity index (χ3v) is 6.36. The molecule has 8 heteroatoms. The number of benzene rings is 2. The standard InChI is InChI=1S/C25H30N4O3S/c1-5-6-11-22(30)29(21-10-8-7-9-20(21)25(26)28-31)32-19-14-12-18(13-15-19)23-24(16(2)3)33-17(4)27-23/h7-10,12-16,31H,5-6,11H2,1-4H3,(H2,26,28). The lowest BCUT2D eigenvalue weighted by molar-refractivity contribution is -0.122. The van der Waals surface area contributed by atoms with Crippen LogP contribution < -0.4 is 15.6 Å². The number of aryl methyl sites for hydroxylation is 1. The summed E-state index contributed by atoms with van der Waals surface area (Å²) >= 11 is 1.71. The molecule has 7 nitrogen and oxygen atoms in total. The molecule has 0 unspecified atom stereocenters. The quantitative estimate of drug-likeness (QED) is 0.178. The van der Waals surface area contributed by atoms with Crippen LogP contribution in [0.25, 0.3) is 11.3 Å². The predicted molar refractivity (Wildman–Crippen MR) is 133 cm³/mol. The summed E-state index contributed by atoms with van der Waals surface area (Å²) in [6, 6.07) is 14.4. The van der Waals surface area contributed by atoms with Gasteiger partial charge in [-0.25, -0.2) is 4.98 Å². The van der Waals surface area contributed by atoms with Crippen molar-refractivity contribution in [1.29, 1.82) is 0 Å². The van der Waals surface area contributed by atoms with Gasteiger partial charge in [0.1, 0.15) is 0 Å². The van der Waals surface area contributed by atoms with Gasteiger partial charge in [0, 0.05) is 22.4 Å². The lowest BCUT2D eigenvalue weighted by Crippen LogP contribution is -2.36. The Morgan fingerprint density at radius 1 is 1.21 bits per heavy atom. The molecule has 3 N–H and O–H groups in total. The van der Waals surface area contributed by atoms with E-state index < -0.39 is 0 Å². The topological polar surface area (TPSA) is 101 Å². The van der Waals surface area contributed by atoms with Crippen molar-refractivity contribution in [3.05, 3.63) is 64.0 Å². The maximum atomic E-state index is 13.0. The molecule has 33 heavy (non-hydrogen) atoms. The summed E-state index contributed by atoms with van der Waals surface area (Å²) in [5.41, 5.74) is 8.64. The molecule has 0 atom stereocenters. The molecule has 0 saturated heterocycles. The third kappa shape index (κ3) is 5.70. The molecular formula is C25H30N4O3S. The molecule has 174 valence electrons. The number of para-hydroxylation sites is 1. The van der Waals surface area contributed by atoms with Crippen LogP contribution in [0, 0.1) is 6.92 Å². The number of amidine groups is 1. The van der Waals surface area contributed by atoms with E-state index in [-0.39, 0.29) is 11.7 Å². The van der Waals surface area contributed by atoms with Gasteiger partial charge in [0.15, 0.2) is 11.6 Å². The average Bonchev–Trinajstić information content (AvgIpc) is 3.23. The highest BCUT2D eigenvalue weighted by Gasteiger charge is 2.23. The fourth-order valence-electron chi connectivity index (χ4n) is 3.41. The fraction of sp³-hybridized carbons (Fsp3) is 0.320. The number of hydrogen-bond donors (Lipinski definition) is 2. The number of rotatable bonds is 9. The number of oxime groups is 1. The van der Waals surface area contributed by atoms with Gasteiger partial charge in [0.2, 0.25) is 0 Å². The summed E-state index contributed by atoms with van der Waals surface area (Å²) in [6.45, 7) is 8.35. The molecule has 0 aliphatic carbocycles. The van der Waals surface area contributed by atoms with Crippen LogP contribution >= 0.6 is 11.3 Å². The van der Waals surface area contributed by atoms with Crippen LogP contribution in [0.15, 0.2) is 53.7 Å². The minimum absolute atomic E-state index is 0.0991. The number of unbranched alkanes of at least 4 members (excludes halogenated alkanes) is 1. The second-order valence-electron chi connectivity index (χ2n) is 8.01. The maximum Gasteiger partial charge on any atom is 0.259 e. The fourth-order valence-corrected chi connectivity index (χ4v) is 4.36. The van der Waals surface area contributed by atoms with E-state index >= 15 is 0 Å². The Labute approximate surface area is 198 Å². The first-order chi connectivity index (χ1) is 15.8. The molecule has 0 bridgehead atoms. The Balaban J connectivity index is 1.94. The SMILES string of the molecule is CCCCC(=O)N(Oc1ccc(-c2nc(C)sc2C(C)C)cc1)c1ccccc1C(N)=NO. The monoisotopic (exact) mass is 466 g/mol. The van der Waals surface area contributed by atoms with E-state index in [1.54, 1.807) is 35.6 Å². The molecule has 3 aromatic rings. The molecule has 1 aromatic heterocycles. The summed E-state index contributed by atoms with van der Waals surface area (Å²) in [5, 5.41) is 14.5. The summed E-state index contributed by atoms with van der Waals surface area (Å²) in [7, 11) is 0. The van der Waals surface area contributed by atoms with Crippen molar-refractivity contribution in [2.45, 2.75) is 52.9 Å². The van der Waals surface area contributed by atoms with Gasteiger partial charge in [-0.05, 0) is 55.7 Å². The summed E-state index contributed by atoms with van der Waals surface area (Å²) in [6.07, 6.45) is 1.92. The van der Waals surface area contributed by atoms with Gasteiger partial charge in [-0.3, -0.25) is 4.79 Å². The number of nitrogens with two attached hydrogens (primary N) is 1. The molecule has 0 aliphatic heterocycles. The van der Waals surface area contributed by atoms with Crippen molar-refractivity contribution in [1.82, 2.24) is 4.98 Å². The lowest BCUT2D eigenvalue weighted by atomic mass is 10.1. The summed E-state index contributed by atoms with van der Waals surface area (Å²) in [5.74, 6) is 0.564. The van der Waals surface area contributed by atoms with Crippen LogP contribution in [0.2, 0.25) is 0 Å². The molecule has 3 rings (SSSR count). The number of carbonyl (C=O) groups is 1. The van der Waals surface area contributed by atoms with E-state index in [0.717, 1.165) is 29.1 Å². The van der Waals surface area contributed by atoms with Crippen molar-refractivity contribution >= 4 is 28.8 Å². The van der Waals surface area contributed by atoms with Crippen molar-refractivity contribution in [3.63, 3.8) is 0 Å². The minimum Gasteiger partial charge on any atom is -0.409 e. The lowest BCUT2D eigenvalue weighted by Gasteiger charge is -2.24. The normalized spacial score (nSPS) is 11.6. The van der Waals surface area contributed by atoms with Crippen LogP contribution in [-0.4, -0.2) is 21.9 Å². The number of anilines is 1. The number of nitrogens with zero attached hydrogens (tertiary/aromatic N) is 3. The number of hydrogen-bond acceptors (Lipinski definition) is 6. The van der Waals surface area contributed by atoms with Crippen molar-refractivity contribution in [2.75, 3.05) is 5.06 Å². The van der Waals surface area contributed by atoms with Gasteiger partial charge >= 0.3 is 0 Å². The van der Waals surface area contributed by atoms with Crippen molar-refractivity contribution in [2.24, 2.45) is 10.9 Å². The number of amides is 1. The Kier molecular flexibility index (Phi) is 8.06. The second kappa shape index (κ2) is 11.0. The molecular weight excluding hydrogens is 436 g/mol. The van der Waals surface area contributed by atoms with Crippen LogP contribution in [0.3, 0.4) is 0 Å². The highest BCUT2D eigenvalue weighted by Crippen LogP contribution is 2.34. The van der Waals surface area contributed by atoms with Crippen LogP contribution in [-0.2, 0) is 4.79 Å². The highest BCUT2D eigenvalue weighted by atomic mass is 32.1. The number of thiazole rings is 1. The van der Waals surface area contributed by atoms with Gasteiger partial charge in [-0.15, -0.1) is 16.4 Å². The first-order valence-corrected chi connectivity index (χ1v) is 11.8. The summed E-state index contributed by atoms with van der Waals surface area (Å²) < 4.78 is 0. The highest BCUT2D eigenvalue weighted by molar-refractivity contribution is 7.12. The predicted octanol–water partition coefficient (Wildman–Crippen LogP) is 5.85. The minimum atomic E-state index is -0.212. The Morgan fingerprint density at radius 2 is 1.91 bits per heavy atom. The molecule has 1 amide bonds. The number of hydroxylamine groups is 1. The molecule has 0 spiro atoms. The van der Waals surface area contributed by atoms with Gasteiger partial charge < -0.3 is 15.8 Å². The van der Waals surface area contributed by atoms with Crippen LogP contribution in [0.1, 0.15) is 61.4 Å².